The van der Waals surface area contributed by atoms with Crippen molar-refractivity contribution in [1.29, 1.82) is 0 Å². The van der Waals surface area contributed by atoms with Gasteiger partial charge in [0.1, 0.15) is 6.54 Å². The second kappa shape index (κ2) is 7.40. The molecule has 0 radical (unpaired) electrons. The Hall–Kier alpha value is -1.63. The highest BCUT2D eigenvalue weighted by atomic mass is 35.5. The van der Waals surface area contributed by atoms with Crippen molar-refractivity contribution < 1.29 is 8.78 Å². The first-order valence-corrected chi connectivity index (χ1v) is 6.58. The molecule has 1 N–H and O–H groups in total. The highest BCUT2D eigenvalue weighted by molar-refractivity contribution is 5.85. The molecule has 21 heavy (non-hydrogen) atoms. The number of aryl methyl sites for hydroxylation is 2. The molecule has 5 nitrogen and oxygen atoms in total. The van der Waals surface area contributed by atoms with Gasteiger partial charge in [0.2, 0.25) is 0 Å². The molecule has 0 unspecified atom stereocenters. The molecule has 2 heterocycles. The normalized spacial score (nSPS) is 10.8. The smallest absolute Gasteiger partial charge is 0.257 e. The molecule has 0 saturated carbocycles. The second-order valence-corrected chi connectivity index (χ2v) is 4.67. The van der Waals surface area contributed by atoms with Gasteiger partial charge in [-0.1, -0.05) is 0 Å². The average molecular weight is 320 g/mol. The van der Waals surface area contributed by atoms with Crippen LogP contribution in [-0.4, -0.2) is 26.0 Å². The van der Waals surface area contributed by atoms with E-state index in [-0.39, 0.29) is 19.0 Å². The Labute approximate surface area is 128 Å². The van der Waals surface area contributed by atoms with Gasteiger partial charge in [-0.3, -0.25) is 9.36 Å². The van der Waals surface area contributed by atoms with Gasteiger partial charge in [-0.05, 0) is 20.8 Å². The van der Waals surface area contributed by atoms with Crippen LogP contribution >= 0.6 is 12.4 Å². The van der Waals surface area contributed by atoms with Crippen molar-refractivity contribution in [2.24, 2.45) is 0 Å². The van der Waals surface area contributed by atoms with E-state index >= 15 is 0 Å². The summed E-state index contributed by atoms with van der Waals surface area (Å²) in [6.45, 7) is 6.75. The fourth-order valence-corrected chi connectivity index (χ4v) is 2.02. The lowest BCUT2D eigenvalue weighted by atomic mass is 10.2. The summed E-state index contributed by atoms with van der Waals surface area (Å²) in [7, 11) is 0. The van der Waals surface area contributed by atoms with Crippen LogP contribution < -0.4 is 5.32 Å². The van der Waals surface area contributed by atoms with Crippen LogP contribution in [0.4, 0.5) is 14.5 Å². The molecule has 2 rings (SSSR count). The van der Waals surface area contributed by atoms with Crippen molar-refractivity contribution in [3.63, 3.8) is 0 Å². The molecule has 2 aromatic heterocycles. The lowest BCUT2D eigenvalue weighted by Gasteiger charge is -2.06. The molecule has 0 aromatic carbocycles. The summed E-state index contributed by atoms with van der Waals surface area (Å²) in [6.07, 6.45) is 1.18. The summed E-state index contributed by atoms with van der Waals surface area (Å²) in [5, 5.41) is 11.6. The summed E-state index contributed by atoms with van der Waals surface area (Å²) in [6, 6.07) is 0. The minimum absolute atomic E-state index is 0. The van der Waals surface area contributed by atoms with E-state index in [0.29, 0.717) is 6.54 Å². The van der Waals surface area contributed by atoms with E-state index in [0.717, 1.165) is 29.2 Å². The number of nitrogens with zero attached hydrogens (tertiary/aromatic N) is 4. The lowest BCUT2D eigenvalue weighted by molar-refractivity contribution is 0.121. The Morgan fingerprint density at radius 2 is 2.05 bits per heavy atom. The van der Waals surface area contributed by atoms with Gasteiger partial charge in [0.15, 0.2) is 0 Å². The average Bonchev–Trinajstić information content (AvgIpc) is 2.92. The van der Waals surface area contributed by atoms with E-state index in [1.807, 2.05) is 24.7 Å². The van der Waals surface area contributed by atoms with E-state index in [9.17, 15) is 8.78 Å². The van der Waals surface area contributed by atoms with Crippen LogP contribution in [0, 0.1) is 13.8 Å². The summed E-state index contributed by atoms with van der Waals surface area (Å²) < 4.78 is 27.9. The summed E-state index contributed by atoms with van der Waals surface area (Å²) in [5.41, 5.74) is 3.55. The number of hydrogen-bond acceptors (Lipinski definition) is 3. The van der Waals surface area contributed by atoms with E-state index in [1.54, 1.807) is 13.1 Å². The molecule has 0 aliphatic heterocycles. The largest absolute Gasteiger partial charge is 0.378 e. The van der Waals surface area contributed by atoms with Gasteiger partial charge in [-0.2, -0.15) is 10.2 Å². The molecular formula is C13H20ClF2N5. The molecule has 0 atom stereocenters. The Bertz CT molecular complexity index is 579. The first-order valence-electron chi connectivity index (χ1n) is 6.58. The SMILES string of the molecule is CCn1cc(NCc2cnn(CC(F)F)c2C)c(C)n1.Cl. The Morgan fingerprint density at radius 3 is 2.62 bits per heavy atom. The highest BCUT2D eigenvalue weighted by Gasteiger charge is 2.11. The number of alkyl halides is 2. The Kier molecular flexibility index (Phi) is 6.14. The lowest BCUT2D eigenvalue weighted by Crippen LogP contribution is -2.10. The first-order chi connectivity index (χ1) is 9.51. The molecule has 118 valence electrons. The maximum atomic E-state index is 12.4. The van der Waals surface area contributed by atoms with Crippen molar-refractivity contribution in [1.82, 2.24) is 19.6 Å². The number of rotatable bonds is 6. The molecule has 0 aliphatic carbocycles. The van der Waals surface area contributed by atoms with E-state index < -0.39 is 6.43 Å². The zero-order chi connectivity index (χ0) is 14.7. The van der Waals surface area contributed by atoms with Gasteiger partial charge in [0.25, 0.3) is 6.43 Å². The molecule has 8 heteroatoms. The maximum Gasteiger partial charge on any atom is 0.257 e. The number of aromatic nitrogens is 4. The third-order valence-corrected chi connectivity index (χ3v) is 3.26. The molecular weight excluding hydrogens is 300 g/mol. The number of hydrogen-bond donors (Lipinski definition) is 1. The van der Waals surface area contributed by atoms with Crippen LogP contribution in [0.5, 0.6) is 0 Å². The van der Waals surface area contributed by atoms with Crippen molar-refractivity contribution in [2.75, 3.05) is 5.32 Å². The Balaban J connectivity index is 0.00000220. The summed E-state index contributed by atoms with van der Waals surface area (Å²) in [4.78, 5) is 0. The van der Waals surface area contributed by atoms with Crippen molar-refractivity contribution in [3.05, 3.63) is 29.3 Å². The third-order valence-electron chi connectivity index (χ3n) is 3.26. The minimum atomic E-state index is -2.39. The standard InChI is InChI=1S/C13H19F2N5.ClH/c1-4-19-7-12(9(2)18-19)16-5-11-6-17-20(10(11)3)8-13(14)15;/h6-7,13,16H,4-5,8H2,1-3H3;1H. The molecule has 0 spiro atoms. The quantitative estimate of drug-likeness (QED) is 0.890. The first kappa shape index (κ1) is 17.4. The zero-order valence-corrected chi connectivity index (χ0v) is 13.1. The van der Waals surface area contributed by atoms with Gasteiger partial charge in [-0.15, -0.1) is 12.4 Å². The minimum Gasteiger partial charge on any atom is -0.378 e. The monoisotopic (exact) mass is 319 g/mol. The Morgan fingerprint density at radius 1 is 1.33 bits per heavy atom. The predicted octanol–water partition coefficient (Wildman–Crippen LogP) is 3.02. The predicted molar refractivity (Wildman–Crippen MR) is 80.2 cm³/mol. The fourth-order valence-electron chi connectivity index (χ4n) is 2.02. The number of nitrogens with one attached hydrogen (secondary N) is 1. The van der Waals surface area contributed by atoms with E-state index in [2.05, 4.69) is 15.5 Å². The summed E-state index contributed by atoms with van der Waals surface area (Å²) in [5.74, 6) is 0. The van der Waals surface area contributed by atoms with E-state index in [4.69, 9.17) is 0 Å². The van der Waals surface area contributed by atoms with Gasteiger partial charge in [0.05, 0.1) is 17.6 Å². The van der Waals surface area contributed by atoms with Crippen LogP contribution in [0.2, 0.25) is 0 Å². The van der Waals surface area contributed by atoms with Gasteiger partial charge in [-0.25, -0.2) is 8.78 Å². The van der Waals surface area contributed by atoms with Crippen LogP contribution in [0.15, 0.2) is 12.4 Å². The van der Waals surface area contributed by atoms with Crippen molar-refractivity contribution >= 4 is 18.1 Å². The molecule has 0 aliphatic rings. The van der Waals surface area contributed by atoms with Crippen LogP contribution in [0.25, 0.3) is 0 Å². The number of anilines is 1. The fraction of sp³-hybridized carbons (Fsp3) is 0.538. The topological polar surface area (TPSA) is 47.7 Å². The van der Waals surface area contributed by atoms with Crippen molar-refractivity contribution in [3.8, 4) is 0 Å². The molecule has 0 bridgehead atoms. The van der Waals surface area contributed by atoms with Crippen LogP contribution in [-0.2, 0) is 19.6 Å². The maximum absolute atomic E-state index is 12.4. The molecule has 2 aromatic rings. The van der Waals surface area contributed by atoms with Gasteiger partial charge >= 0.3 is 0 Å². The molecule has 0 amide bonds. The highest BCUT2D eigenvalue weighted by Crippen LogP contribution is 2.16. The van der Waals surface area contributed by atoms with Crippen LogP contribution in [0.3, 0.4) is 0 Å². The number of halogens is 3. The van der Waals surface area contributed by atoms with E-state index in [1.165, 1.54) is 4.68 Å². The third kappa shape index (κ3) is 4.17. The second-order valence-electron chi connectivity index (χ2n) is 4.67. The zero-order valence-electron chi connectivity index (χ0n) is 12.3. The van der Waals surface area contributed by atoms with Crippen LogP contribution in [0.1, 0.15) is 23.9 Å². The molecule has 0 saturated heterocycles. The summed E-state index contributed by atoms with van der Waals surface area (Å²) >= 11 is 0. The van der Waals surface area contributed by atoms with Crippen molar-refractivity contribution in [2.45, 2.75) is 46.8 Å². The molecule has 0 fully saturated rings. The van der Waals surface area contributed by atoms with Gasteiger partial charge < -0.3 is 5.32 Å². The van der Waals surface area contributed by atoms with Gasteiger partial charge in [0, 0.05) is 30.5 Å².